The fraction of sp³-hybridized carbons (Fsp3) is 0.875. The van der Waals surface area contributed by atoms with Gasteiger partial charge in [-0.1, -0.05) is 6.92 Å². The summed E-state index contributed by atoms with van der Waals surface area (Å²) in [5, 5.41) is 2.44. The third-order valence-corrected chi connectivity index (χ3v) is 1.42. The van der Waals surface area contributed by atoms with Gasteiger partial charge < -0.3 is 10.1 Å². The van der Waals surface area contributed by atoms with Crippen LogP contribution in [0.15, 0.2) is 0 Å². The molecule has 0 aromatic heterocycles. The first-order valence-corrected chi connectivity index (χ1v) is 4.33. The van der Waals surface area contributed by atoms with E-state index in [0.717, 1.165) is 6.42 Å². The van der Waals surface area contributed by atoms with Crippen LogP contribution in [0.4, 0.5) is 13.2 Å². The van der Waals surface area contributed by atoms with E-state index in [9.17, 15) is 18.0 Å². The van der Waals surface area contributed by atoms with E-state index in [0.29, 0.717) is 6.54 Å². The summed E-state index contributed by atoms with van der Waals surface area (Å²) in [6, 6.07) is 0. The number of alkyl halides is 3. The zero-order chi connectivity index (χ0) is 11.2. The highest BCUT2D eigenvalue weighted by Crippen LogP contribution is 2.15. The Morgan fingerprint density at radius 2 is 2.07 bits per heavy atom. The summed E-state index contributed by atoms with van der Waals surface area (Å²) in [7, 11) is 0. The molecule has 1 N–H and O–H groups in total. The van der Waals surface area contributed by atoms with Crippen molar-refractivity contribution in [3.8, 4) is 0 Å². The molecule has 0 saturated carbocycles. The van der Waals surface area contributed by atoms with Crippen molar-refractivity contribution < 1.29 is 22.7 Å². The van der Waals surface area contributed by atoms with Gasteiger partial charge in [0.1, 0.15) is 12.7 Å². The molecule has 14 heavy (non-hydrogen) atoms. The van der Waals surface area contributed by atoms with Crippen LogP contribution in [0.5, 0.6) is 0 Å². The predicted octanol–water partition coefficient (Wildman–Crippen LogP) is 1.48. The molecule has 0 fully saturated rings. The van der Waals surface area contributed by atoms with Crippen molar-refractivity contribution in [1.29, 1.82) is 0 Å². The van der Waals surface area contributed by atoms with Crippen LogP contribution in [0, 0.1) is 0 Å². The topological polar surface area (TPSA) is 38.3 Å². The van der Waals surface area contributed by atoms with Crippen molar-refractivity contribution in [3.05, 3.63) is 0 Å². The van der Waals surface area contributed by atoms with E-state index < -0.39 is 24.8 Å². The number of halogens is 3. The number of carbonyl (C=O) groups excluding carboxylic acids is 1. The molecular weight excluding hydrogens is 199 g/mol. The minimum Gasteiger partial charge on any atom is -0.359 e. The molecule has 1 atom stereocenters. The highest BCUT2D eigenvalue weighted by Gasteiger charge is 2.29. The van der Waals surface area contributed by atoms with Crippen LogP contribution >= 0.6 is 0 Å². The number of carbonyl (C=O) groups is 1. The Morgan fingerprint density at radius 3 is 2.50 bits per heavy atom. The first-order chi connectivity index (χ1) is 6.37. The average molecular weight is 213 g/mol. The molecule has 0 aliphatic rings. The van der Waals surface area contributed by atoms with E-state index in [-0.39, 0.29) is 0 Å². The second-order valence-electron chi connectivity index (χ2n) is 2.86. The maximum absolute atomic E-state index is 11.7. The fourth-order valence-electron chi connectivity index (χ4n) is 0.687. The van der Waals surface area contributed by atoms with Gasteiger partial charge in [-0.05, 0) is 13.3 Å². The minimum atomic E-state index is -4.39. The fourth-order valence-corrected chi connectivity index (χ4v) is 0.687. The molecule has 0 aliphatic carbocycles. The summed E-state index contributed by atoms with van der Waals surface area (Å²) < 4.78 is 39.4. The molecule has 0 heterocycles. The van der Waals surface area contributed by atoms with Crippen molar-refractivity contribution in [2.45, 2.75) is 32.5 Å². The standard InChI is InChI=1S/C8H14F3NO2/c1-3-4-12-7(13)6(2)14-5-8(9,10)11/h6H,3-5H2,1-2H3,(H,12,13). The van der Waals surface area contributed by atoms with E-state index in [1.165, 1.54) is 6.92 Å². The predicted molar refractivity (Wildman–Crippen MR) is 44.8 cm³/mol. The van der Waals surface area contributed by atoms with E-state index in [1.807, 2.05) is 6.92 Å². The van der Waals surface area contributed by atoms with Gasteiger partial charge in [0, 0.05) is 6.54 Å². The summed E-state index contributed by atoms with van der Waals surface area (Å²) in [5.41, 5.74) is 0. The van der Waals surface area contributed by atoms with Gasteiger partial charge in [0.05, 0.1) is 0 Å². The van der Waals surface area contributed by atoms with E-state index in [4.69, 9.17) is 0 Å². The normalized spacial score (nSPS) is 13.8. The van der Waals surface area contributed by atoms with Crippen LogP contribution < -0.4 is 5.32 Å². The first kappa shape index (κ1) is 13.2. The maximum atomic E-state index is 11.7. The van der Waals surface area contributed by atoms with Crippen molar-refractivity contribution in [2.75, 3.05) is 13.2 Å². The van der Waals surface area contributed by atoms with Crippen LogP contribution in [0.2, 0.25) is 0 Å². The molecule has 6 heteroatoms. The number of amides is 1. The second kappa shape index (κ2) is 5.85. The first-order valence-electron chi connectivity index (χ1n) is 4.33. The van der Waals surface area contributed by atoms with Gasteiger partial charge >= 0.3 is 6.18 Å². The largest absolute Gasteiger partial charge is 0.411 e. The van der Waals surface area contributed by atoms with Crippen LogP contribution in [-0.2, 0) is 9.53 Å². The van der Waals surface area contributed by atoms with Crippen molar-refractivity contribution in [2.24, 2.45) is 0 Å². The lowest BCUT2D eigenvalue weighted by molar-refractivity contribution is -0.185. The third kappa shape index (κ3) is 6.71. The lowest BCUT2D eigenvalue weighted by atomic mass is 10.3. The zero-order valence-corrected chi connectivity index (χ0v) is 8.15. The SMILES string of the molecule is CCCNC(=O)C(C)OCC(F)(F)F. The van der Waals surface area contributed by atoms with Crippen molar-refractivity contribution in [1.82, 2.24) is 5.32 Å². The summed E-state index contributed by atoms with van der Waals surface area (Å²) in [6.45, 7) is 2.19. The van der Waals surface area contributed by atoms with Crippen LogP contribution in [0.1, 0.15) is 20.3 Å². The maximum Gasteiger partial charge on any atom is 0.411 e. The number of hydrogen-bond donors (Lipinski definition) is 1. The van der Waals surface area contributed by atoms with Crippen LogP contribution in [-0.4, -0.2) is 31.3 Å². The van der Waals surface area contributed by atoms with Crippen LogP contribution in [0.3, 0.4) is 0 Å². The lowest BCUT2D eigenvalue weighted by Crippen LogP contribution is -2.36. The van der Waals surface area contributed by atoms with Gasteiger partial charge in [0.25, 0.3) is 0 Å². The molecule has 0 saturated heterocycles. The quantitative estimate of drug-likeness (QED) is 0.751. The van der Waals surface area contributed by atoms with Gasteiger partial charge in [0.15, 0.2) is 0 Å². The molecule has 3 nitrogen and oxygen atoms in total. The second-order valence-corrected chi connectivity index (χ2v) is 2.86. The molecule has 1 unspecified atom stereocenters. The minimum absolute atomic E-state index is 0.443. The molecule has 0 bridgehead atoms. The van der Waals surface area contributed by atoms with Gasteiger partial charge in [-0.3, -0.25) is 4.79 Å². The Hall–Kier alpha value is -0.780. The molecule has 0 aliphatic heterocycles. The molecule has 0 aromatic carbocycles. The molecule has 0 rings (SSSR count). The summed E-state index contributed by atoms with van der Waals surface area (Å²) in [5.74, 6) is -0.517. The van der Waals surface area contributed by atoms with Gasteiger partial charge in [-0.25, -0.2) is 0 Å². The van der Waals surface area contributed by atoms with E-state index >= 15 is 0 Å². The Kier molecular flexibility index (Phi) is 5.52. The average Bonchev–Trinajstić information content (AvgIpc) is 2.09. The summed E-state index contributed by atoms with van der Waals surface area (Å²) in [6.07, 6.45) is -4.72. The molecular formula is C8H14F3NO2. The Labute approximate surface area is 80.6 Å². The van der Waals surface area contributed by atoms with Crippen LogP contribution in [0.25, 0.3) is 0 Å². The summed E-state index contributed by atoms with van der Waals surface area (Å²) in [4.78, 5) is 11.0. The van der Waals surface area contributed by atoms with Gasteiger partial charge in [-0.2, -0.15) is 13.2 Å². The smallest absolute Gasteiger partial charge is 0.359 e. The number of hydrogen-bond acceptors (Lipinski definition) is 2. The Balaban J connectivity index is 3.73. The molecule has 84 valence electrons. The highest BCUT2D eigenvalue weighted by atomic mass is 19.4. The highest BCUT2D eigenvalue weighted by molar-refractivity contribution is 5.80. The Bertz CT molecular complexity index is 182. The van der Waals surface area contributed by atoms with Gasteiger partial charge in [-0.15, -0.1) is 0 Å². The Morgan fingerprint density at radius 1 is 1.50 bits per heavy atom. The molecule has 0 spiro atoms. The zero-order valence-electron chi connectivity index (χ0n) is 8.15. The van der Waals surface area contributed by atoms with E-state index in [2.05, 4.69) is 10.1 Å². The molecule has 0 aromatic rings. The third-order valence-electron chi connectivity index (χ3n) is 1.42. The van der Waals surface area contributed by atoms with Gasteiger partial charge in [0.2, 0.25) is 5.91 Å². The lowest BCUT2D eigenvalue weighted by Gasteiger charge is -2.14. The van der Waals surface area contributed by atoms with E-state index in [1.54, 1.807) is 0 Å². The number of nitrogens with one attached hydrogen (secondary N) is 1. The van der Waals surface area contributed by atoms with Crippen molar-refractivity contribution >= 4 is 5.91 Å². The number of ether oxygens (including phenoxy) is 1. The number of rotatable bonds is 5. The van der Waals surface area contributed by atoms with Crippen molar-refractivity contribution in [3.63, 3.8) is 0 Å². The summed E-state index contributed by atoms with van der Waals surface area (Å²) >= 11 is 0. The molecule has 1 amide bonds. The molecule has 0 radical (unpaired) electrons. The monoisotopic (exact) mass is 213 g/mol.